The van der Waals surface area contributed by atoms with Gasteiger partial charge < -0.3 is 30.9 Å². The summed E-state index contributed by atoms with van der Waals surface area (Å²) in [5.74, 6) is -3.09. The zero-order valence-corrected chi connectivity index (χ0v) is 27.5. The quantitative estimate of drug-likeness (QED) is 0.230. The van der Waals surface area contributed by atoms with Gasteiger partial charge in [0.05, 0.1) is 12.6 Å². The van der Waals surface area contributed by atoms with Crippen LogP contribution < -0.4 is 21.3 Å². The normalized spacial score (nSPS) is 23.9. The van der Waals surface area contributed by atoms with Gasteiger partial charge in [-0.3, -0.25) is 24.0 Å². The molecule has 248 valence electrons. The Labute approximate surface area is 261 Å². The third-order valence-electron chi connectivity index (χ3n) is 9.24. The zero-order chi connectivity index (χ0) is 32.8. The molecule has 0 aromatic heterocycles. The van der Waals surface area contributed by atoms with E-state index in [9.17, 15) is 28.8 Å². The first kappa shape index (κ1) is 35.3. The Morgan fingerprint density at radius 3 is 2.18 bits per heavy atom. The largest absolute Gasteiger partial charge is 0.444 e. The fourth-order valence-corrected chi connectivity index (χ4v) is 6.82. The van der Waals surface area contributed by atoms with Crippen molar-refractivity contribution in [3.05, 3.63) is 0 Å². The highest BCUT2D eigenvalue weighted by atomic mass is 16.6. The third-order valence-corrected chi connectivity index (χ3v) is 9.24. The molecule has 0 spiro atoms. The second kappa shape index (κ2) is 14.7. The second-order valence-electron chi connectivity index (χ2n) is 14.2. The van der Waals surface area contributed by atoms with Crippen LogP contribution in [-0.4, -0.2) is 83.8 Å². The van der Waals surface area contributed by atoms with Gasteiger partial charge in [-0.1, -0.05) is 53.4 Å². The van der Waals surface area contributed by atoms with E-state index < -0.39 is 53.3 Å². The van der Waals surface area contributed by atoms with Gasteiger partial charge in [0.15, 0.2) is 0 Å². The van der Waals surface area contributed by atoms with Crippen LogP contribution in [0.3, 0.4) is 0 Å². The van der Waals surface area contributed by atoms with Gasteiger partial charge in [-0.25, -0.2) is 4.79 Å². The van der Waals surface area contributed by atoms with Crippen LogP contribution in [0, 0.1) is 23.2 Å². The van der Waals surface area contributed by atoms with Crippen LogP contribution in [-0.2, 0) is 28.7 Å². The molecule has 12 nitrogen and oxygen atoms in total. The topological polar surface area (TPSA) is 163 Å². The summed E-state index contributed by atoms with van der Waals surface area (Å²) >= 11 is 0. The maximum absolute atomic E-state index is 14.2. The Kier molecular flexibility index (Phi) is 11.8. The fourth-order valence-electron chi connectivity index (χ4n) is 6.82. The van der Waals surface area contributed by atoms with Gasteiger partial charge in [-0.15, -0.1) is 0 Å². The van der Waals surface area contributed by atoms with Crippen LogP contribution in [0.2, 0.25) is 0 Å². The number of nitrogens with zero attached hydrogens (tertiary/aromatic N) is 1. The van der Waals surface area contributed by atoms with Crippen LogP contribution in [0.1, 0.15) is 99.8 Å². The maximum Gasteiger partial charge on any atom is 0.408 e. The van der Waals surface area contributed by atoms with Crippen molar-refractivity contribution < 1.29 is 33.5 Å². The summed E-state index contributed by atoms with van der Waals surface area (Å²) in [6.45, 7) is 13.6. The maximum atomic E-state index is 14.2. The van der Waals surface area contributed by atoms with Crippen molar-refractivity contribution in [3.63, 3.8) is 0 Å². The molecular formula is C32H53N5O7. The van der Waals surface area contributed by atoms with E-state index in [0.29, 0.717) is 19.5 Å². The molecule has 0 aromatic rings. The number of alkyl carbamates (subject to hydrolysis) is 1. The summed E-state index contributed by atoms with van der Waals surface area (Å²) < 4.78 is 5.49. The number of ketones is 1. The smallest absolute Gasteiger partial charge is 0.408 e. The summed E-state index contributed by atoms with van der Waals surface area (Å²) in [5.41, 5.74) is -0.913. The molecule has 0 radical (unpaired) electrons. The first-order valence-corrected chi connectivity index (χ1v) is 16.3. The Balaban J connectivity index is 1.78. The molecule has 0 bridgehead atoms. The molecule has 3 fully saturated rings. The minimum absolute atomic E-state index is 0.0787. The highest BCUT2D eigenvalue weighted by Crippen LogP contribution is 2.65. The minimum Gasteiger partial charge on any atom is -0.444 e. The van der Waals surface area contributed by atoms with Gasteiger partial charge >= 0.3 is 6.09 Å². The van der Waals surface area contributed by atoms with E-state index in [0.717, 1.165) is 38.5 Å². The van der Waals surface area contributed by atoms with Crippen molar-refractivity contribution >= 4 is 35.5 Å². The van der Waals surface area contributed by atoms with Crippen molar-refractivity contribution in [1.29, 1.82) is 0 Å². The Hall–Kier alpha value is -3.18. The van der Waals surface area contributed by atoms with E-state index in [1.165, 1.54) is 0 Å². The lowest BCUT2D eigenvalue weighted by atomic mass is 9.83. The number of hydrogen-bond donors (Lipinski definition) is 4. The monoisotopic (exact) mass is 619 g/mol. The van der Waals surface area contributed by atoms with Crippen LogP contribution in [0.4, 0.5) is 4.79 Å². The van der Waals surface area contributed by atoms with Crippen LogP contribution in [0.25, 0.3) is 0 Å². The number of piperidine rings is 1. The molecule has 0 aromatic carbocycles. The number of nitrogens with one attached hydrogen (secondary N) is 4. The molecule has 2 saturated carbocycles. The fraction of sp³-hybridized carbons (Fsp3) is 0.812. The van der Waals surface area contributed by atoms with E-state index in [1.54, 1.807) is 25.7 Å². The SMILES string of the molecule is CCCNC(=O)CNC(=O)C(=O)C(CCC)NC(=O)C1C2C(CN1C(=O)C(NC(=O)OC(C)(C)C)C1CCCCC1)C2(C)C. The summed E-state index contributed by atoms with van der Waals surface area (Å²) in [4.78, 5) is 80.2. The summed E-state index contributed by atoms with van der Waals surface area (Å²) in [7, 11) is 0. The first-order chi connectivity index (χ1) is 20.6. The lowest BCUT2D eigenvalue weighted by Gasteiger charge is -2.37. The zero-order valence-electron chi connectivity index (χ0n) is 27.5. The molecule has 5 unspecified atom stereocenters. The van der Waals surface area contributed by atoms with Crippen molar-refractivity contribution in [3.8, 4) is 0 Å². The minimum atomic E-state index is -1.10. The highest BCUT2D eigenvalue weighted by Gasteiger charge is 2.69. The van der Waals surface area contributed by atoms with Crippen LogP contribution in [0.5, 0.6) is 0 Å². The highest BCUT2D eigenvalue weighted by molar-refractivity contribution is 6.38. The molecule has 1 heterocycles. The number of Topliss-reactive ketones (excluding diaryl/α,β-unsaturated/α-hetero) is 1. The standard InChI is InChI=1S/C32H53N5O7/c1-8-13-21(26(39)28(41)34-17-22(38)33-16-9-2)35-27(40)25-23-20(32(23,6)7)18-37(25)29(42)24(19-14-11-10-12-15-19)36-30(43)44-31(3,4)5/h19-21,23-25H,8-18H2,1-7H3,(H,33,38)(H,34,41)(H,35,40)(H,36,43). The molecule has 1 aliphatic heterocycles. The molecular weight excluding hydrogens is 566 g/mol. The van der Waals surface area contributed by atoms with Crippen molar-refractivity contribution in [2.45, 2.75) is 124 Å². The average molecular weight is 620 g/mol. The van der Waals surface area contributed by atoms with Crippen molar-refractivity contribution in [2.75, 3.05) is 19.6 Å². The number of rotatable bonds is 13. The van der Waals surface area contributed by atoms with Gasteiger partial charge in [0.2, 0.25) is 23.5 Å². The van der Waals surface area contributed by atoms with Crippen molar-refractivity contribution in [1.82, 2.24) is 26.2 Å². The lowest BCUT2D eigenvalue weighted by Crippen LogP contribution is -2.60. The number of ether oxygens (including phenoxy) is 1. The number of amides is 5. The molecule has 2 aliphatic carbocycles. The number of carbonyl (C=O) groups excluding carboxylic acids is 6. The van der Waals surface area contributed by atoms with E-state index in [2.05, 4.69) is 35.1 Å². The molecule has 12 heteroatoms. The van der Waals surface area contributed by atoms with E-state index >= 15 is 0 Å². The van der Waals surface area contributed by atoms with Gasteiger partial charge in [-0.2, -0.15) is 0 Å². The van der Waals surface area contributed by atoms with Gasteiger partial charge in [-0.05, 0) is 69.6 Å². The molecule has 3 aliphatic rings. The van der Waals surface area contributed by atoms with E-state index in [-0.39, 0.29) is 42.0 Å². The Bertz CT molecular complexity index is 1100. The molecule has 3 rings (SSSR count). The van der Waals surface area contributed by atoms with Gasteiger partial charge in [0.1, 0.15) is 17.7 Å². The van der Waals surface area contributed by atoms with Gasteiger partial charge in [0, 0.05) is 13.1 Å². The summed E-state index contributed by atoms with van der Waals surface area (Å²) in [5, 5.41) is 10.6. The number of carbonyl (C=O) groups is 6. The lowest BCUT2D eigenvalue weighted by molar-refractivity contribution is -0.145. The summed E-state index contributed by atoms with van der Waals surface area (Å²) in [6.07, 6.45) is 5.36. The second-order valence-corrected chi connectivity index (χ2v) is 14.2. The Morgan fingerprint density at radius 2 is 1.59 bits per heavy atom. The van der Waals surface area contributed by atoms with Crippen LogP contribution >= 0.6 is 0 Å². The summed E-state index contributed by atoms with van der Waals surface area (Å²) in [6, 6.07) is -2.78. The number of likely N-dealkylation sites (tertiary alicyclic amines) is 1. The first-order valence-electron chi connectivity index (χ1n) is 16.3. The molecule has 44 heavy (non-hydrogen) atoms. The average Bonchev–Trinajstić information content (AvgIpc) is 3.28. The molecule has 4 N–H and O–H groups in total. The molecule has 5 atom stereocenters. The molecule has 1 saturated heterocycles. The van der Waals surface area contributed by atoms with Crippen LogP contribution in [0.15, 0.2) is 0 Å². The number of fused-ring (bicyclic) bond motifs is 1. The van der Waals surface area contributed by atoms with E-state index in [1.807, 2.05) is 13.8 Å². The third kappa shape index (κ3) is 8.72. The van der Waals surface area contributed by atoms with Crippen molar-refractivity contribution in [2.24, 2.45) is 23.2 Å². The predicted molar refractivity (Wildman–Crippen MR) is 164 cm³/mol. The number of hydrogen-bond acceptors (Lipinski definition) is 7. The Morgan fingerprint density at radius 1 is 0.932 bits per heavy atom. The molecule has 5 amide bonds. The van der Waals surface area contributed by atoms with Gasteiger partial charge in [0.25, 0.3) is 5.91 Å². The predicted octanol–water partition coefficient (Wildman–Crippen LogP) is 2.44. The van der Waals surface area contributed by atoms with E-state index in [4.69, 9.17) is 4.74 Å².